The lowest BCUT2D eigenvalue weighted by atomic mass is 10.2. The summed E-state index contributed by atoms with van der Waals surface area (Å²) in [5, 5.41) is 0. The van der Waals surface area contributed by atoms with Crippen LogP contribution in [-0.2, 0) is 4.74 Å². The minimum Gasteiger partial charge on any atom is -0.458 e. The molecule has 3 heteroatoms. The Bertz CT molecular complexity index is 368. The summed E-state index contributed by atoms with van der Waals surface area (Å²) in [5.74, 6) is -0.323. The van der Waals surface area contributed by atoms with Crippen molar-refractivity contribution < 1.29 is 9.53 Å². The van der Waals surface area contributed by atoms with E-state index >= 15 is 0 Å². The summed E-state index contributed by atoms with van der Waals surface area (Å²) in [4.78, 5) is 11.4. The van der Waals surface area contributed by atoms with E-state index in [4.69, 9.17) is 4.74 Å². The summed E-state index contributed by atoms with van der Waals surface area (Å²) < 4.78 is 5.82. The molecular weight excluding hydrogens is 256 g/mol. The Hall–Kier alpha value is -1.35. The molecule has 0 saturated carbocycles. The number of carbonyl (C=O) groups is 1. The summed E-state index contributed by atoms with van der Waals surface area (Å²) >= 11 is 3.23. The van der Waals surface area contributed by atoms with E-state index in [1.807, 2.05) is 6.07 Å². The van der Waals surface area contributed by atoms with Gasteiger partial charge in [0.15, 0.2) is 0 Å². The van der Waals surface area contributed by atoms with Crippen LogP contribution in [0.25, 0.3) is 0 Å². The Labute approximate surface area is 97.4 Å². The van der Waals surface area contributed by atoms with Crippen LogP contribution in [0.3, 0.4) is 0 Å². The fraction of sp³-hybridized carbons (Fsp3) is 0.0833. The number of ether oxygens (including phenoxy) is 1. The molecule has 0 spiro atoms. The van der Waals surface area contributed by atoms with Gasteiger partial charge >= 0.3 is 5.97 Å². The minimum absolute atomic E-state index is 0.236. The van der Waals surface area contributed by atoms with Crippen molar-refractivity contribution in [2.24, 2.45) is 0 Å². The van der Waals surface area contributed by atoms with Gasteiger partial charge in [-0.05, 0) is 18.2 Å². The third-order valence-electron chi connectivity index (χ3n) is 1.70. The van der Waals surface area contributed by atoms with Crippen LogP contribution in [0.15, 0.2) is 53.5 Å². The van der Waals surface area contributed by atoms with Crippen molar-refractivity contribution in [3.8, 4) is 0 Å². The Balaban J connectivity index is 2.48. The summed E-state index contributed by atoms with van der Waals surface area (Å²) in [5.41, 5.74) is 0.556. The molecule has 15 heavy (non-hydrogen) atoms. The first-order valence-corrected chi connectivity index (χ1v) is 5.23. The van der Waals surface area contributed by atoms with Crippen molar-refractivity contribution in [1.29, 1.82) is 0 Å². The van der Waals surface area contributed by atoms with Gasteiger partial charge in [0.2, 0.25) is 0 Å². The van der Waals surface area contributed by atoms with Crippen molar-refractivity contribution in [3.63, 3.8) is 0 Å². The van der Waals surface area contributed by atoms with Crippen LogP contribution in [-0.4, -0.2) is 12.6 Å². The van der Waals surface area contributed by atoms with Gasteiger partial charge in [0.05, 0.1) is 5.56 Å². The molecule has 1 aromatic rings. The molecule has 0 aliphatic heterocycles. The van der Waals surface area contributed by atoms with Crippen LogP contribution in [0.1, 0.15) is 10.4 Å². The molecule has 0 fully saturated rings. The smallest absolute Gasteiger partial charge is 0.338 e. The number of esters is 1. The number of allylic oxidation sites excluding steroid dienone is 2. The highest BCUT2D eigenvalue weighted by molar-refractivity contribution is 9.11. The molecule has 1 aromatic carbocycles. The molecule has 0 aromatic heterocycles. The van der Waals surface area contributed by atoms with E-state index in [0.717, 1.165) is 4.48 Å². The quantitative estimate of drug-likeness (QED) is 0.618. The van der Waals surface area contributed by atoms with Gasteiger partial charge in [-0.3, -0.25) is 0 Å². The van der Waals surface area contributed by atoms with E-state index in [0.29, 0.717) is 5.56 Å². The van der Waals surface area contributed by atoms with Crippen LogP contribution in [0.4, 0.5) is 0 Å². The van der Waals surface area contributed by atoms with Crippen LogP contribution < -0.4 is 0 Å². The monoisotopic (exact) mass is 266 g/mol. The van der Waals surface area contributed by atoms with Gasteiger partial charge in [0, 0.05) is 4.48 Å². The normalized spacial score (nSPS) is 10.9. The average Bonchev–Trinajstić information content (AvgIpc) is 2.29. The fourth-order valence-corrected chi connectivity index (χ4v) is 1.07. The number of halogens is 1. The molecule has 0 saturated heterocycles. The molecule has 0 atom stereocenters. The lowest BCUT2D eigenvalue weighted by Gasteiger charge is -2.01. The van der Waals surface area contributed by atoms with Crippen LogP contribution in [0, 0.1) is 0 Å². The number of benzene rings is 1. The highest BCUT2D eigenvalue weighted by atomic mass is 79.9. The molecule has 0 heterocycles. The molecule has 0 amide bonds. The molecule has 0 aliphatic carbocycles. The van der Waals surface area contributed by atoms with Gasteiger partial charge in [-0.15, -0.1) is 0 Å². The predicted octanol–water partition coefficient (Wildman–Crippen LogP) is 3.31. The third-order valence-corrected chi connectivity index (χ3v) is 2.34. The van der Waals surface area contributed by atoms with E-state index in [2.05, 4.69) is 22.5 Å². The predicted molar refractivity (Wildman–Crippen MR) is 63.9 cm³/mol. The Morgan fingerprint density at radius 2 is 2.07 bits per heavy atom. The van der Waals surface area contributed by atoms with Crippen molar-refractivity contribution in [2.75, 3.05) is 6.61 Å². The van der Waals surface area contributed by atoms with Gasteiger partial charge in [-0.25, -0.2) is 4.79 Å². The Morgan fingerprint density at radius 3 is 2.67 bits per heavy atom. The van der Waals surface area contributed by atoms with Gasteiger partial charge in [0.1, 0.15) is 6.61 Å². The second-order valence-corrected chi connectivity index (χ2v) is 3.67. The Kier molecular flexibility index (Phi) is 4.84. The van der Waals surface area contributed by atoms with Crippen molar-refractivity contribution in [2.45, 2.75) is 0 Å². The molecule has 0 unspecified atom stereocenters. The first-order valence-electron chi connectivity index (χ1n) is 4.44. The van der Waals surface area contributed by atoms with Crippen molar-refractivity contribution in [3.05, 3.63) is 59.1 Å². The highest BCUT2D eigenvalue weighted by Gasteiger charge is 2.03. The zero-order chi connectivity index (χ0) is 11.1. The molecule has 0 N–H and O–H groups in total. The maximum absolute atomic E-state index is 11.4. The van der Waals surface area contributed by atoms with Gasteiger partial charge in [-0.2, -0.15) is 0 Å². The van der Waals surface area contributed by atoms with Gasteiger partial charge in [-0.1, -0.05) is 46.8 Å². The maximum Gasteiger partial charge on any atom is 0.338 e. The molecule has 1 rings (SSSR count). The van der Waals surface area contributed by atoms with E-state index in [1.165, 1.54) is 0 Å². The summed E-state index contributed by atoms with van der Waals surface area (Å²) in [6.45, 7) is 3.80. The zero-order valence-electron chi connectivity index (χ0n) is 8.15. The van der Waals surface area contributed by atoms with E-state index in [1.54, 1.807) is 36.4 Å². The molecule has 78 valence electrons. The molecule has 2 nitrogen and oxygen atoms in total. The van der Waals surface area contributed by atoms with Gasteiger partial charge in [0.25, 0.3) is 0 Å². The summed E-state index contributed by atoms with van der Waals surface area (Å²) in [7, 11) is 0. The SMILES string of the molecule is C=C/C(Br)=C/COC(=O)c1ccccc1. The molecule has 0 aliphatic rings. The van der Waals surface area contributed by atoms with Gasteiger partial charge < -0.3 is 4.74 Å². The lowest BCUT2D eigenvalue weighted by molar-refractivity contribution is 0.0549. The molecular formula is C12H11BrO2. The third kappa shape index (κ3) is 4.13. The van der Waals surface area contributed by atoms with Crippen LogP contribution in [0.5, 0.6) is 0 Å². The first-order chi connectivity index (χ1) is 7.24. The topological polar surface area (TPSA) is 26.3 Å². The van der Waals surface area contributed by atoms with Crippen LogP contribution in [0.2, 0.25) is 0 Å². The maximum atomic E-state index is 11.4. The van der Waals surface area contributed by atoms with Crippen molar-refractivity contribution >= 4 is 21.9 Å². The number of rotatable bonds is 4. The number of hydrogen-bond acceptors (Lipinski definition) is 2. The standard InChI is InChI=1S/C12H11BrO2/c1-2-11(13)8-9-15-12(14)10-6-4-3-5-7-10/h2-8H,1,9H2/b11-8-. The average molecular weight is 267 g/mol. The molecule has 0 radical (unpaired) electrons. The van der Waals surface area contributed by atoms with E-state index in [9.17, 15) is 4.79 Å². The second kappa shape index (κ2) is 6.19. The lowest BCUT2D eigenvalue weighted by Crippen LogP contribution is -2.04. The van der Waals surface area contributed by atoms with E-state index < -0.39 is 0 Å². The summed E-state index contributed by atoms with van der Waals surface area (Å²) in [6, 6.07) is 8.88. The Morgan fingerprint density at radius 1 is 1.40 bits per heavy atom. The highest BCUT2D eigenvalue weighted by Crippen LogP contribution is 2.05. The summed E-state index contributed by atoms with van der Waals surface area (Å²) in [6.07, 6.45) is 3.37. The van der Waals surface area contributed by atoms with Crippen molar-refractivity contribution in [1.82, 2.24) is 0 Å². The largest absolute Gasteiger partial charge is 0.458 e. The fourth-order valence-electron chi connectivity index (χ4n) is 0.938. The zero-order valence-corrected chi connectivity index (χ0v) is 9.74. The number of hydrogen-bond donors (Lipinski definition) is 0. The second-order valence-electron chi connectivity index (χ2n) is 2.76. The van der Waals surface area contributed by atoms with E-state index in [-0.39, 0.29) is 12.6 Å². The molecule has 0 bridgehead atoms. The minimum atomic E-state index is -0.323. The van der Waals surface area contributed by atoms with Crippen LogP contribution >= 0.6 is 15.9 Å². The number of carbonyl (C=O) groups excluding carboxylic acids is 1. The first kappa shape index (κ1) is 11.7.